The third-order valence-electron chi connectivity index (χ3n) is 1.86. The van der Waals surface area contributed by atoms with Crippen LogP contribution in [0.15, 0.2) is 0 Å². The van der Waals surface area contributed by atoms with E-state index in [2.05, 4.69) is 0 Å². The van der Waals surface area contributed by atoms with E-state index in [-0.39, 0.29) is 0 Å². The highest BCUT2D eigenvalue weighted by molar-refractivity contribution is 5.76. The number of aliphatic hydroxyl groups is 1. The van der Waals surface area contributed by atoms with E-state index in [0.717, 1.165) is 0 Å². The topological polar surface area (TPSA) is 121 Å². The fourth-order valence-corrected chi connectivity index (χ4v) is 0.967. The Labute approximate surface area is 87.5 Å². The fraction of sp³-hybridized carbons (Fsp3) is 0.714. The summed E-state index contributed by atoms with van der Waals surface area (Å²) < 4.78 is 36.0. The van der Waals surface area contributed by atoms with Gasteiger partial charge in [-0.1, -0.05) is 0 Å². The van der Waals surface area contributed by atoms with Crippen molar-refractivity contribution < 1.29 is 38.1 Å². The first-order valence-electron chi connectivity index (χ1n) is 4.03. The van der Waals surface area contributed by atoms with Crippen molar-refractivity contribution in [3.05, 3.63) is 0 Å². The zero-order valence-electron chi connectivity index (χ0n) is 7.81. The molecule has 0 aromatic heterocycles. The Morgan fingerprint density at radius 2 is 1.62 bits per heavy atom. The molecule has 16 heavy (non-hydrogen) atoms. The van der Waals surface area contributed by atoms with Crippen molar-refractivity contribution in [2.45, 2.75) is 24.7 Å². The van der Waals surface area contributed by atoms with Crippen LogP contribution in [0.1, 0.15) is 6.42 Å². The lowest BCUT2D eigenvalue weighted by atomic mass is 9.94. The maximum absolute atomic E-state index is 12.0. The summed E-state index contributed by atoms with van der Waals surface area (Å²) in [6.45, 7) is 0. The molecule has 5 N–H and O–H groups in total. The van der Waals surface area contributed by atoms with Crippen LogP contribution in [0.25, 0.3) is 0 Å². The lowest BCUT2D eigenvalue weighted by Crippen LogP contribution is -2.44. The number of hydrogen-bond acceptors (Lipinski definition) is 4. The van der Waals surface area contributed by atoms with Gasteiger partial charge in [0.25, 0.3) is 0 Å². The predicted octanol–water partition coefficient (Wildman–Crippen LogP) is -0.588. The zero-order valence-corrected chi connectivity index (χ0v) is 7.81. The summed E-state index contributed by atoms with van der Waals surface area (Å²) in [7, 11) is 0. The third-order valence-corrected chi connectivity index (χ3v) is 1.86. The largest absolute Gasteiger partial charge is 0.481 e. The van der Waals surface area contributed by atoms with Gasteiger partial charge in [0.1, 0.15) is 6.04 Å². The maximum atomic E-state index is 12.0. The number of rotatable bonds is 5. The van der Waals surface area contributed by atoms with Crippen molar-refractivity contribution in [1.29, 1.82) is 0 Å². The second-order valence-electron chi connectivity index (χ2n) is 3.11. The predicted molar refractivity (Wildman–Crippen MR) is 43.4 cm³/mol. The molecule has 0 heterocycles. The molecule has 0 spiro atoms. The average molecular weight is 245 g/mol. The van der Waals surface area contributed by atoms with Crippen molar-refractivity contribution in [3.63, 3.8) is 0 Å². The first-order valence-corrected chi connectivity index (χ1v) is 4.03. The molecule has 0 fully saturated rings. The van der Waals surface area contributed by atoms with E-state index in [1.165, 1.54) is 0 Å². The van der Waals surface area contributed by atoms with Gasteiger partial charge in [-0.05, 0) is 6.42 Å². The number of hydrogen-bond donors (Lipinski definition) is 4. The van der Waals surface area contributed by atoms with Gasteiger partial charge in [0.05, 0.1) is 5.92 Å². The van der Waals surface area contributed by atoms with E-state index in [1.807, 2.05) is 0 Å². The molecule has 0 aliphatic carbocycles. The third kappa shape index (κ3) is 4.03. The maximum Gasteiger partial charge on any atom is 0.415 e. The Balaban J connectivity index is 4.76. The normalized spacial score (nSPS) is 17.6. The molecular formula is C7H10F3NO5. The molecular weight excluding hydrogens is 235 g/mol. The second kappa shape index (κ2) is 5.12. The van der Waals surface area contributed by atoms with E-state index in [4.69, 9.17) is 21.1 Å². The van der Waals surface area contributed by atoms with Crippen molar-refractivity contribution in [3.8, 4) is 0 Å². The van der Waals surface area contributed by atoms with Crippen LogP contribution in [0.2, 0.25) is 0 Å². The molecule has 0 aliphatic rings. The molecule has 9 heteroatoms. The van der Waals surface area contributed by atoms with E-state index in [1.54, 1.807) is 0 Å². The smallest absolute Gasteiger partial charge is 0.415 e. The summed E-state index contributed by atoms with van der Waals surface area (Å²) in [4.78, 5) is 20.7. The van der Waals surface area contributed by atoms with Gasteiger partial charge in [0, 0.05) is 0 Å². The standard InChI is InChI=1S/C7H10F3NO5/c8-7(9,10)4(12)2(5(13)14)1-3(11)6(15)16/h2-4,12H,1,11H2,(H,13,14)(H,15,16)/t2-,3-,4-/m1/s1. The Morgan fingerprint density at radius 3 is 1.88 bits per heavy atom. The van der Waals surface area contributed by atoms with Crippen molar-refractivity contribution in [2.75, 3.05) is 0 Å². The number of carboxylic acids is 2. The van der Waals surface area contributed by atoms with Crippen LogP contribution < -0.4 is 5.73 Å². The highest BCUT2D eigenvalue weighted by Crippen LogP contribution is 2.28. The lowest BCUT2D eigenvalue weighted by Gasteiger charge is -2.22. The molecule has 94 valence electrons. The lowest BCUT2D eigenvalue weighted by molar-refractivity contribution is -0.223. The second-order valence-corrected chi connectivity index (χ2v) is 3.11. The molecule has 0 radical (unpaired) electrons. The molecule has 0 aliphatic heterocycles. The summed E-state index contributed by atoms with van der Waals surface area (Å²) in [6.07, 6.45) is -9.29. The molecule has 0 aromatic rings. The summed E-state index contributed by atoms with van der Waals surface area (Å²) >= 11 is 0. The summed E-state index contributed by atoms with van der Waals surface area (Å²) in [5.74, 6) is -5.90. The van der Waals surface area contributed by atoms with E-state index < -0.39 is 42.6 Å². The average Bonchev–Trinajstić information content (AvgIpc) is 2.10. The molecule has 0 saturated heterocycles. The first-order chi connectivity index (χ1) is 7.07. The minimum absolute atomic E-state index is 1.01. The highest BCUT2D eigenvalue weighted by Gasteiger charge is 2.47. The van der Waals surface area contributed by atoms with Gasteiger partial charge < -0.3 is 21.1 Å². The number of aliphatic hydroxyl groups excluding tert-OH is 1. The number of carbonyl (C=O) groups is 2. The molecule has 0 aromatic carbocycles. The Morgan fingerprint density at radius 1 is 1.19 bits per heavy atom. The zero-order chi connectivity index (χ0) is 13.1. The van der Waals surface area contributed by atoms with Gasteiger partial charge in [-0.2, -0.15) is 13.2 Å². The SMILES string of the molecule is N[C@H](C[C@@H](C(=O)O)[C@@H](O)C(F)(F)F)C(=O)O. The van der Waals surface area contributed by atoms with Gasteiger partial charge in [0.15, 0.2) is 6.10 Å². The number of aliphatic carboxylic acids is 2. The van der Waals surface area contributed by atoms with E-state index in [9.17, 15) is 22.8 Å². The molecule has 0 bridgehead atoms. The molecule has 0 amide bonds. The number of nitrogens with two attached hydrogens (primary N) is 1. The van der Waals surface area contributed by atoms with Gasteiger partial charge in [0.2, 0.25) is 0 Å². The number of carboxylic acid groups (broad SMARTS) is 2. The van der Waals surface area contributed by atoms with E-state index >= 15 is 0 Å². The molecule has 6 nitrogen and oxygen atoms in total. The minimum atomic E-state index is -5.14. The van der Waals surface area contributed by atoms with Gasteiger partial charge in [-0.3, -0.25) is 9.59 Å². The number of alkyl halides is 3. The van der Waals surface area contributed by atoms with Gasteiger partial charge >= 0.3 is 18.1 Å². The van der Waals surface area contributed by atoms with Crippen LogP contribution in [0.5, 0.6) is 0 Å². The van der Waals surface area contributed by atoms with Crippen molar-refractivity contribution in [1.82, 2.24) is 0 Å². The molecule has 3 atom stereocenters. The summed E-state index contributed by atoms with van der Waals surface area (Å²) in [5.41, 5.74) is 4.89. The van der Waals surface area contributed by atoms with Crippen LogP contribution in [0.4, 0.5) is 13.2 Å². The van der Waals surface area contributed by atoms with Crippen LogP contribution >= 0.6 is 0 Å². The van der Waals surface area contributed by atoms with Crippen LogP contribution in [0, 0.1) is 5.92 Å². The van der Waals surface area contributed by atoms with Gasteiger partial charge in [-0.15, -0.1) is 0 Å². The minimum Gasteiger partial charge on any atom is -0.481 e. The first kappa shape index (κ1) is 14.6. The monoisotopic (exact) mass is 245 g/mol. The Bertz CT molecular complexity index is 280. The fourth-order valence-electron chi connectivity index (χ4n) is 0.967. The van der Waals surface area contributed by atoms with Crippen LogP contribution in [-0.4, -0.2) is 45.6 Å². The van der Waals surface area contributed by atoms with Gasteiger partial charge in [-0.25, -0.2) is 0 Å². The molecule has 0 unspecified atom stereocenters. The quantitative estimate of drug-likeness (QED) is 0.513. The molecule has 0 rings (SSSR count). The van der Waals surface area contributed by atoms with E-state index in [0.29, 0.717) is 0 Å². The number of halogens is 3. The van der Waals surface area contributed by atoms with Crippen LogP contribution in [0.3, 0.4) is 0 Å². The Hall–Kier alpha value is -1.35. The summed E-state index contributed by atoms with van der Waals surface area (Å²) in [6, 6.07) is -1.78. The molecule has 0 saturated carbocycles. The van der Waals surface area contributed by atoms with Crippen molar-refractivity contribution in [2.24, 2.45) is 11.7 Å². The highest BCUT2D eigenvalue weighted by atomic mass is 19.4. The van der Waals surface area contributed by atoms with Crippen molar-refractivity contribution >= 4 is 11.9 Å². The van der Waals surface area contributed by atoms with Crippen LogP contribution in [-0.2, 0) is 9.59 Å². The summed E-state index contributed by atoms with van der Waals surface area (Å²) in [5, 5.41) is 25.4. The Kier molecular flexibility index (Phi) is 4.69.